The summed E-state index contributed by atoms with van der Waals surface area (Å²) in [7, 11) is 0. The lowest BCUT2D eigenvalue weighted by Crippen LogP contribution is -2.30. The van der Waals surface area contributed by atoms with Crippen molar-refractivity contribution in [1.29, 1.82) is 5.41 Å². The van der Waals surface area contributed by atoms with Crippen LogP contribution in [0.3, 0.4) is 0 Å². The van der Waals surface area contributed by atoms with Crippen LogP contribution in [0.25, 0.3) is 0 Å². The van der Waals surface area contributed by atoms with Gasteiger partial charge >= 0.3 is 0 Å². The van der Waals surface area contributed by atoms with E-state index in [1.807, 2.05) is 26.0 Å². The van der Waals surface area contributed by atoms with Gasteiger partial charge in [-0.3, -0.25) is 9.59 Å². The lowest BCUT2D eigenvalue weighted by Gasteiger charge is -2.25. The average Bonchev–Trinajstić information content (AvgIpc) is 2.67. The molecule has 29 heavy (non-hydrogen) atoms. The molecule has 1 fully saturated rings. The van der Waals surface area contributed by atoms with Gasteiger partial charge in [-0.2, -0.15) is 0 Å². The molecular weight excluding hydrogens is 436 g/mol. The van der Waals surface area contributed by atoms with Gasteiger partial charge in [0.2, 0.25) is 0 Å². The summed E-state index contributed by atoms with van der Waals surface area (Å²) >= 11 is 3.46. The summed E-state index contributed by atoms with van der Waals surface area (Å²) in [4.78, 5) is 27.8. The summed E-state index contributed by atoms with van der Waals surface area (Å²) in [5.41, 5.74) is 3.56. The first-order chi connectivity index (χ1) is 13.9. The third-order valence-electron chi connectivity index (χ3n) is 5.03. The third-order valence-corrected chi connectivity index (χ3v) is 5.49. The Kier molecular flexibility index (Phi) is 6.87. The summed E-state index contributed by atoms with van der Waals surface area (Å²) in [5.74, 6) is -0.334. The minimum atomic E-state index is -0.334. The molecule has 0 unspecified atom stereocenters. The maximum Gasteiger partial charge on any atom is 0.253 e. The van der Waals surface area contributed by atoms with Crippen molar-refractivity contribution in [2.45, 2.75) is 39.3 Å². The second-order valence-electron chi connectivity index (χ2n) is 7.22. The van der Waals surface area contributed by atoms with Crippen molar-refractivity contribution in [2.24, 2.45) is 0 Å². The van der Waals surface area contributed by atoms with E-state index in [0.717, 1.165) is 34.3 Å². The van der Waals surface area contributed by atoms with Gasteiger partial charge in [0.15, 0.2) is 0 Å². The number of aromatic nitrogens is 1. The first-order valence-electron chi connectivity index (χ1n) is 9.55. The van der Waals surface area contributed by atoms with E-state index in [1.54, 1.807) is 6.07 Å². The predicted molar refractivity (Wildman–Crippen MR) is 117 cm³/mol. The number of ether oxygens (including phenoxy) is 1. The first-order valence-corrected chi connectivity index (χ1v) is 10.3. The monoisotopic (exact) mass is 460 g/mol. The Bertz CT molecular complexity index is 981. The molecule has 154 valence electrons. The van der Waals surface area contributed by atoms with Gasteiger partial charge in [0, 0.05) is 59.0 Å². The van der Waals surface area contributed by atoms with Crippen LogP contribution >= 0.6 is 15.9 Å². The maximum absolute atomic E-state index is 12.9. The number of carbonyl (C=O) groups excluding carboxylic acids is 1. The van der Waals surface area contributed by atoms with Crippen molar-refractivity contribution >= 4 is 33.7 Å². The SMILES string of the molecule is Cc1cc(C)c(CNC(=O)c2cc(Br)cc(NC3CCOCC3)c2C=N)c(=O)[nH]1. The highest BCUT2D eigenvalue weighted by atomic mass is 79.9. The largest absolute Gasteiger partial charge is 0.382 e. The number of nitrogens with one attached hydrogen (secondary N) is 4. The zero-order chi connectivity index (χ0) is 21.0. The van der Waals surface area contributed by atoms with Crippen molar-refractivity contribution in [1.82, 2.24) is 10.3 Å². The van der Waals surface area contributed by atoms with Crippen molar-refractivity contribution in [3.05, 3.63) is 61.0 Å². The number of amides is 1. The number of halogens is 1. The molecule has 8 heteroatoms. The number of anilines is 1. The van der Waals surface area contributed by atoms with Crippen LogP contribution in [0.1, 0.15) is 45.6 Å². The van der Waals surface area contributed by atoms with E-state index in [9.17, 15) is 9.59 Å². The number of hydrogen-bond acceptors (Lipinski definition) is 5. The molecule has 3 rings (SSSR count). The zero-order valence-corrected chi connectivity index (χ0v) is 18.1. The number of aryl methyl sites for hydroxylation is 2. The topological polar surface area (TPSA) is 107 Å². The number of H-pyrrole nitrogens is 1. The smallest absolute Gasteiger partial charge is 0.253 e. The number of hydrogen-bond donors (Lipinski definition) is 4. The fourth-order valence-electron chi connectivity index (χ4n) is 3.51. The van der Waals surface area contributed by atoms with Crippen LogP contribution in [0.2, 0.25) is 0 Å². The van der Waals surface area contributed by atoms with Gasteiger partial charge in [0.05, 0.1) is 5.56 Å². The van der Waals surface area contributed by atoms with Gasteiger partial charge in [-0.1, -0.05) is 15.9 Å². The summed E-state index contributed by atoms with van der Waals surface area (Å²) in [5, 5.41) is 14.1. The number of carbonyl (C=O) groups is 1. The normalized spacial score (nSPS) is 14.4. The summed E-state index contributed by atoms with van der Waals surface area (Å²) in [6.45, 7) is 5.18. The van der Waals surface area contributed by atoms with Crippen molar-refractivity contribution < 1.29 is 9.53 Å². The number of rotatable bonds is 6. The fourth-order valence-corrected chi connectivity index (χ4v) is 3.97. The Morgan fingerprint density at radius 2 is 2.03 bits per heavy atom. The molecule has 2 aromatic rings. The Morgan fingerprint density at radius 1 is 1.31 bits per heavy atom. The van der Waals surface area contributed by atoms with Crippen LogP contribution in [0, 0.1) is 19.3 Å². The van der Waals surface area contributed by atoms with Crippen LogP contribution < -0.4 is 16.2 Å². The Hall–Kier alpha value is -2.45. The molecule has 0 saturated carbocycles. The molecule has 1 aliphatic heterocycles. The van der Waals surface area contributed by atoms with Crippen LogP contribution in [-0.2, 0) is 11.3 Å². The second kappa shape index (κ2) is 9.37. The minimum Gasteiger partial charge on any atom is -0.382 e. The predicted octanol–water partition coefficient (Wildman–Crippen LogP) is 3.27. The molecule has 2 heterocycles. The van der Waals surface area contributed by atoms with E-state index in [-0.39, 0.29) is 24.1 Å². The molecule has 1 saturated heterocycles. The highest BCUT2D eigenvalue weighted by Crippen LogP contribution is 2.27. The van der Waals surface area contributed by atoms with Crippen LogP contribution in [-0.4, -0.2) is 36.4 Å². The Labute approximate surface area is 177 Å². The van der Waals surface area contributed by atoms with E-state index in [0.29, 0.717) is 29.9 Å². The molecule has 1 aromatic heterocycles. The highest BCUT2D eigenvalue weighted by Gasteiger charge is 2.19. The quantitative estimate of drug-likeness (QED) is 0.496. The van der Waals surface area contributed by atoms with Crippen LogP contribution in [0.15, 0.2) is 27.5 Å². The van der Waals surface area contributed by atoms with Gasteiger partial charge in [-0.15, -0.1) is 0 Å². The lowest BCUT2D eigenvalue weighted by molar-refractivity contribution is 0.0904. The lowest BCUT2D eigenvalue weighted by atomic mass is 10.0. The number of aromatic amines is 1. The molecule has 0 atom stereocenters. The Morgan fingerprint density at radius 3 is 2.69 bits per heavy atom. The molecule has 0 bridgehead atoms. The van der Waals surface area contributed by atoms with Crippen molar-refractivity contribution in [3.63, 3.8) is 0 Å². The van der Waals surface area contributed by atoms with Crippen LogP contribution in [0.4, 0.5) is 5.69 Å². The molecule has 0 radical (unpaired) electrons. The molecule has 1 aliphatic rings. The standard InChI is InChI=1S/C21H25BrN4O3/c1-12-7-13(2)25-21(28)18(12)11-24-20(27)16-8-14(22)9-19(17(16)10-23)26-15-3-5-29-6-4-15/h7-10,15,23,26H,3-6,11H2,1-2H3,(H,24,27)(H,25,28). The van der Waals surface area contributed by atoms with Gasteiger partial charge in [0.25, 0.3) is 11.5 Å². The van der Waals surface area contributed by atoms with Gasteiger partial charge in [-0.05, 0) is 50.5 Å². The highest BCUT2D eigenvalue weighted by molar-refractivity contribution is 9.10. The zero-order valence-electron chi connectivity index (χ0n) is 16.5. The van der Waals surface area contributed by atoms with Crippen molar-refractivity contribution in [3.8, 4) is 0 Å². The molecule has 4 N–H and O–H groups in total. The molecule has 0 aliphatic carbocycles. The second-order valence-corrected chi connectivity index (χ2v) is 8.13. The number of benzene rings is 1. The van der Waals surface area contributed by atoms with Gasteiger partial charge in [-0.25, -0.2) is 0 Å². The summed E-state index contributed by atoms with van der Waals surface area (Å²) in [6, 6.07) is 5.68. The van der Waals surface area contributed by atoms with Gasteiger partial charge in [0.1, 0.15) is 0 Å². The van der Waals surface area contributed by atoms with E-state index >= 15 is 0 Å². The third kappa shape index (κ3) is 5.13. The first kappa shape index (κ1) is 21.3. The maximum atomic E-state index is 12.9. The van der Waals surface area contributed by atoms with E-state index in [4.69, 9.17) is 10.1 Å². The van der Waals surface area contributed by atoms with Crippen molar-refractivity contribution in [2.75, 3.05) is 18.5 Å². The minimum absolute atomic E-state index is 0.118. The molecule has 0 spiro atoms. The van der Waals surface area contributed by atoms with E-state index in [1.165, 1.54) is 6.21 Å². The van der Waals surface area contributed by atoms with E-state index < -0.39 is 0 Å². The van der Waals surface area contributed by atoms with Crippen LogP contribution in [0.5, 0.6) is 0 Å². The molecule has 1 amide bonds. The van der Waals surface area contributed by atoms with Gasteiger partial charge < -0.3 is 25.8 Å². The average molecular weight is 461 g/mol. The molecule has 7 nitrogen and oxygen atoms in total. The summed E-state index contributed by atoms with van der Waals surface area (Å²) in [6.07, 6.45) is 2.94. The Balaban J connectivity index is 1.82. The van der Waals surface area contributed by atoms with E-state index in [2.05, 4.69) is 31.5 Å². The summed E-state index contributed by atoms with van der Waals surface area (Å²) < 4.78 is 6.14. The fraction of sp³-hybridized carbons (Fsp3) is 0.381. The molecular formula is C21H25BrN4O3. The number of pyridine rings is 1. The molecule has 1 aromatic carbocycles.